The van der Waals surface area contributed by atoms with Crippen LogP contribution in [0.3, 0.4) is 0 Å². The smallest absolute Gasteiger partial charge is 0.260 e. The SMILES string of the molecule is COc1ccc(CN(C)C)cc1NC(=O)c1ccoc1Cl. The van der Waals surface area contributed by atoms with E-state index in [0.717, 1.165) is 12.1 Å². The summed E-state index contributed by atoms with van der Waals surface area (Å²) in [6.45, 7) is 0.763. The molecule has 0 saturated heterocycles. The third kappa shape index (κ3) is 3.77. The van der Waals surface area contributed by atoms with Crippen LogP contribution < -0.4 is 10.1 Å². The number of nitrogens with one attached hydrogen (secondary N) is 1. The van der Waals surface area contributed by atoms with Gasteiger partial charge in [0.25, 0.3) is 5.91 Å². The molecule has 1 aromatic carbocycles. The summed E-state index contributed by atoms with van der Waals surface area (Å²) in [7, 11) is 5.52. The Balaban J connectivity index is 2.25. The van der Waals surface area contributed by atoms with Crippen LogP contribution in [0.4, 0.5) is 5.69 Å². The first-order valence-corrected chi connectivity index (χ1v) is 6.75. The molecule has 5 nitrogen and oxygen atoms in total. The molecule has 1 aromatic heterocycles. The van der Waals surface area contributed by atoms with Gasteiger partial charge in [0.15, 0.2) is 0 Å². The van der Waals surface area contributed by atoms with Gasteiger partial charge in [-0.1, -0.05) is 6.07 Å². The Morgan fingerprint density at radius 2 is 2.14 bits per heavy atom. The highest BCUT2D eigenvalue weighted by atomic mass is 35.5. The number of methoxy groups -OCH3 is 1. The number of amides is 1. The van der Waals surface area contributed by atoms with E-state index >= 15 is 0 Å². The van der Waals surface area contributed by atoms with Crippen molar-refractivity contribution in [1.29, 1.82) is 0 Å². The van der Waals surface area contributed by atoms with Gasteiger partial charge in [0, 0.05) is 6.54 Å². The number of benzene rings is 1. The molecule has 0 aliphatic carbocycles. The monoisotopic (exact) mass is 308 g/mol. The molecule has 0 saturated carbocycles. The molecule has 6 heteroatoms. The molecule has 0 radical (unpaired) electrons. The lowest BCUT2D eigenvalue weighted by atomic mass is 10.1. The fourth-order valence-corrected chi connectivity index (χ4v) is 2.16. The third-order valence-corrected chi connectivity index (χ3v) is 3.17. The average Bonchev–Trinajstić information content (AvgIpc) is 2.84. The van der Waals surface area contributed by atoms with Gasteiger partial charge in [0.05, 0.1) is 24.6 Å². The Morgan fingerprint density at radius 1 is 1.38 bits per heavy atom. The van der Waals surface area contributed by atoms with Crippen LogP contribution >= 0.6 is 11.6 Å². The van der Waals surface area contributed by atoms with Crippen molar-refractivity contribution in [2.24, 2.45) is 0 Å². The standard InChI is InChI=1S/C15H17ClN2O3/c1-18(2)9-10-4-5-13(20-3)12(8-10)17-15(19)11-6-7-21-14(11)16/h4-8H,9H2,1-3H3,(H,17,19). The van der Waals surface area contributed by atoms with Crippen LogP contribution in [0, 0.1) is 0 Å². The first-order chi connectivity index (χ1) is 10.0. The highest BCUT2D eigenvalue weighted by molar-refractivity contribution is 6.32. The van der Waals surface area contributed by atoms with E-state index < -0.39 is 0 Å². The predicted octanol–water partition coefficient (Wildman–Crippen LogP) is 3.26. The summed E-state index contributed by atoms with van der Waals surface area (Å²) in [5.74, 6) is 0.250. The first kappa shape index (κ1) is 15.4. The summed E-state index contributed by atoms with van der Waals surface area (Å²) < 4.78 is 10.2. The van der Waals surface area contributed by atoms with E-state index in [1.165, 1.54) is 12.3 Å². The second-order valence-electron chi connectivity index (χ2n) is 4.83. The van der Waals surface area contributed by atoms with Gasteiger partial charge >= 0.3 is 0 Å². The fourth-order valence-electron chi connectivity index (χ4n) is 1.96. The maximum Gasteiger partial charge on any atom is 0.260 e. The Labute approximate surface area is 128 Å². The maximum absolute atomic E-state index is 12.2. The molecule has 0 unspecified atom stereocenters. The Kier molecular flexibility index (Phi) is 4.88. The molecule has 21 heavy (non-hydrogen) atoms. The van der Waals surface area contributed by atoms with Crippen molar-refractivity contribution < 1.29 is 13.9 Å². The van der Waals surface area contributed by atoms with E-state index in [2.05, 4.69) is 5.32 Å². The van der Waals surface area contributed by atoms with Crippen molar-refractivity contribution in [3.63, 3.8) is 0 Å². The van der Waals surface area contributed by atoms with Gasteiger partial charge in [0.2, 0.25) is 5.22 Å². The number of halogens is 1. The zero-order chi connectivity index (χ0) is 15.4. The summed E-state index contributed by atoms with van der Waals surface area (Å²) in [5.41, 5.74) is 1.95. The fraction of sp³-hybridized carbons (Fsp3) is 0.267. The van der Waals surface area contributed by atoms with E-state index in [0.29, 0.717) is 11.4 Å². The summed E-state index contributed by atoms with van der Waals surface area (Å²) in [5, 5.41) is 2.86. The van der Waals surface area contributed by atoms with Crippen LogP contribution in [0.5, 0.6) is 5.75 Å². The van der Waals surface area contributed by atoms with E-state index in [1.54, 1.807) is 7.11 Å². The number of ether oxygens (including phenoxy) is 1. The van der Waals surface area contributed by atoms with Crippen LogP contribution in [-0.2, 0) is 6.54 Å². The van der Waals surface area contributed by atoms with Gasteiger partial charge in [-0.25, -0.2) is 0 Å². The molecule has 2 rings (SSSR count). The van der Waals surface area contributed by atoms with Gasteiger partial charge < -0.3 is 19.4 Å². The summed E-state index contributed by atoms with van der Waals surface area (Å²) in [6.07, 6.45) is 1.37. The quantitative estimate of drug-likeness (QED) is 0.921. The molecule has 1 amide bonds. The maximum atomic E-state index is 12.2. The Bertz CT molecular complexity index is 638. The number of hydrogen-bond donors (Lipinski definition) is 1. The molecule has 0 bridgehead atoms. The van der Waals surface area contributed by atoms with Crippen molar-refractivity contribution in [2.45, 2.75) is 6.54 Å². The summed E-state index contributed by atoms with van der Waals surface area (Å²) in [6, 6.07) is 7.18. The lowest BCUT2D eigenvalue weighted by Crippen LogP contribution is -2.14. The Morgan fingerprint density at radius 3 is 2.71 bits per heavy atom. The third-order valence-electron chi connectivity index (χ3n) is 2.87. The zero-order valence-corrected chi connectivity index (χ0v) is 12.9. The summed E-state index contributed by atoms with van der Waals surface area (Å²) in [4.78, 5) is 14.2. The molecule has 2 aromatic rings. The number of hydrogen-bond acceptors (Lipinski definition) is 4. The number of carbonyl (C=O) groups is 1. The number of rotatable bonds is 5. The Hall–Kier alpha value is -1.98. The normalized spacial score (nSPS) is 10.7. The number of furan rings is 1. The minimum absolute atomic E-state index is 0.0657. The van der Waals surface area contributed by atoms with Crippen LogP contribution in [0.25, 0.3) is 0 Å². The van der Waals surface area contributed by atoms with Crippen molar-refractivity contribution in [2.75, 3.05) is 26.5 Å². The molecule has 0 aliphatic heterocycles. The lowest BCUT2D eigenvalue weighted by molar-refractivity contribution is 0.102. The number of anilines is 1. The molecule has 0 atom stereocenters. The molecule has 1 N–H and O–H groups in total. The number of carbonyl (C=O) groups excluding carboxylic acids is 1. The van der Waals surface area contributed by atoms with Crippen LogP contribution in [0.2, 0.25) is 5.22 Å². The van der Waals surface area contributed by atoms with Crippen LogP contribution in [0.15, 0.2) is 34.9 Å². The topological polar surface area (TPSA) is 54.7 Å². The van der Waals surface area contributed by atoms with E-state index in [4.69, 9.17) is 20.8 Å². The molecule has 0 aliphatic rings. The molecular weight excluding hydrogens is 292 g/mol. The highest BCUT2D eigenvalue weighted by Crippen LogP contribution is 2.27. The summed E-state index contributed by atoms with van der Waals surface area (Å²) >= 11 is 5.81. The van der Waals surface area contributed by atoms with Crippen molar-refractivity contribution in [3.05, 3.63) is 46.9 Å². The average molecular weight is 309 g/mol. The van der Waals surface area contributed by atoms with Crippen molar-refractivity contribution in [1.82, 2.24) is 4.90 Å². The first-order valence-electron chi connectivity index (χ1n) is 6.37. The minimum atomic E-state index is -0.339. The van der Waals surface area contributed by atoms with Gasteiger partial charge in [-0.15, -0.1) is 0 Å². The van der Waals surface area contributed by atoms with Crippen molar-refractivity contribution >= 4 is 23.2 Å². The van der Waals surface area contributed by atoms with Crippen LogP contribution in [0.1, 0.15) is 15.9 Å². The second-order valence-corrected chi connectivity index (χ2v) is 5.18. The molecular formula is C15H17ClN2O3. The van der Waals surface area contributed by atoms with Crippen molar-refractivity contribution in [3.8, 4) is 5.75 Å². The zero-order valence-electron chi connectivity index (χ0n) is 12.1. The molecule has 112 valence electrons. The van der Waals surface area contributed by atoms with Gasteiger partial charge in [-0.2, -0.15) is 0 Å². The second kappa shape index (κ2) is 6.65. The molecule has 1 heterocycles. The van der Waals surface area contributed by atoms with Gasteiger partial charge in [-0.3, -0.25) is 4.79 Å². The molecule has 0 spiro atoms. The molecule has 0 fully saturated rings. The minimum Gasteiger partial charge on any atom is -0.495 e. The lowest BCUT2D eigenvalue weighted by Gasteiger charge is -2.14. The van der Waals surface area contributed by atoms with E-state index in [9.17, 15) is 4.79 Å². The number of nitrogens with zero attached hydrogens (tertiary/aromatic N) is 1. The highest BCUT2D eigenvalue weighted by Gasteiger charge is 2.15. The predicted molar refractivity (Wildman–Crippen MR) is 82.1 cm³/mol. The van der Waals surface area contributed by atoms with E-state index in [-0.39, 0.29) is 16.7 Å². The van der Waals surface area contributed by atoms with Gasteiger partial charge in [-0.05, 0) is 49.5 Å². The van der Waals surface area contributed by atoms with E-state index in [1.807, 2.05) is 37.2 Å². The largest absolute Gasteiger partial charge is 0.495 e. The van der Waals surface area contributed by atoms with Crippen LogP contribution in [-0.4, -0.2) is 32.0 Å². The van der Waals surface area contributed by atoms with Gasteiger partial charge in [0.1, 0.15) is 5.75 Å².